The fraction of sp³-hybridized carbons (Fsp3) is 0.389. The zero-order chi connectivity index (χ0) is 17.9. The first kappa shape index (κ1) is 17.2. The first-order chi connectivity index (χ1) is 12.0. The molecule has 0 bridgehead atoms. The number of carbonyl (C=O) groups excluding carboxylic acids is 1. The predicted molar refractivity (Wildman–Crippen MR) is 90.8 cm³/mol. The molecule has 1 aromatic carbocycles. The van der Waals surface area contributed by atoms with Gasteiger partial charge in [-0.1, -0.05) is 18.2 Å². The third-order valence-electron chi connectivity index (χ3n) is 4.61. The number of carbonyl (C=O) groups is 2. The molecule has 1 aliphatic heterocycles. The van der Waals surface area contributed by atoms with E-state index < -0.39 is 11.4 Å². The van der Waals surface area contributed by atoms with Gasteiger partial charge in [-0.2, -0.15) is 5.10 Å². The number of nitrogens with one attached hydrogen (secondary N) is 1. The highest BCUT2D eigenvalue weighted by atomic mass is 16.5. The maximum Gasteiger partial charge on any atom is 0.311 e. The van der Waals surface area contributed by atoms with Gasteiger partial charge in [0.15, 0.2) is 5.69 Å². The number of hydrogen-bond donors (Lipinski definition) is 2. The van der Waals surface area contributed by atoms with Crippen LogP contribution in [0.2, 0.25) is 0 Å². The fourth-order valence-electron chi connectivity index (χ4n) is 2.98. The molecular formula is C18H21N3O4. The number of ether oxygens (including phenoxy) is 1. The number of rotatable bonds is 5. The standard InChI is InChI=1S/C18H21N3O4/c1-13-11-15(20-21(13)14-5-3-2-4-6-14)16(22)19-12-18(17(23)24)7-9-25-10-8-18/h2-6,11H,7-10,12H2,1H3,(H,19,22)(H,23,24). The lowest BCUT2D eigenvalue weighted by atomic mass is 9.80. The summed E-state index contributed by atoms with van der Waals surface area (Å²) in [5.41, 5.74) is 1.00. The lowest BCUT2D eigenvalue weighted by molar-refractivity contribution is -0.154. The molecule has 3 rings (SSSR count). The van der Waals surface area contributed by atoms with E-state index in [2.05, 4.69) is 10.4 Å². The topological polar surface area (TPSA) is 93.5 Å². The van der Waals surface area contributed by atoms with Crippen molar-refractivity contribution in [3.05, 3.63) is 47.8 Å². The van der Waals surface area contributed by atoms with Crippen molar-refractivity contribution in [3.8, 4) is 5.69 Å². The Morgan fingerprint density at radius 2 is 1.96 bits per heavy atom. The fourth-order valence-corrected chi connectivity index (χ4v) is 2.98. The summed E-state index contributed by atoms with van der Waals surface area (Å²) in [5.74, 6) is -1.27. The molecule has 7 nitrogen and oxygen atoms in total. The number of aliphatic carboxylic acids is 1. The van der Waals surface area contributed by atoms with Crippen LogP contribution in [0.4, 0.5) is 0 Å². The Hall–Kier alpha value is -2.67. The summed E-state index contributed by atoms with van der Waals surface area (Å²) in [5, 5.41) is 16.6. The highest BCUT2D eigenvalue weighted by Gasteiger charge is 2.40. The minimum Gasteiger partial charge on any atom is -0.481 e. The van der Waals surface area contributed by atoms with Crippen molar-refractivity contribution in [1.82, 2.24) is 15.1 Å². The third kappa shape index (κ3) is 3.56. The van der Waals surface area contributed by atoms with Crippen LogP contribution in [-0.4, -0.2) is 46.5 Å². The summed E-state index contributed by atoms with van der Waals surface area (Å²) in [6.45, 7) is 2.73. The first-order valence-corrected chi connectivity index (χ1v) is 8.23. The van der Waals surface area contributed by atoms with Crippen molar-refractivity contribution in [3.63, 3.8) is 0 Å². The Morgan fingerprint density at radius 1 is 1.28 bits per heavy atom. The highest BCUT2D eigenvalue weighted by molar-refractivity contribution is 5.92. The SMILES string of the molecule is Cc1cc(C(=O)NCC2(C(=O)O)CCOCC2)nn1-c1ccccc1. The number of amides is 1. The summed E-state index contributed by atoms with van der Waals surface area (Å²) in [6, 6.07) is 11.2. The molecule has 1 saturated heterocycles. The largest absolute Gasteiger partial charge is 0.481 e. The Balaban J connectivity index is 1.72. The monoisotopic (exact) mass is 343 g/mol. The minimum absolute atomic E-state index is 0.0712. The average Bonchev–Trinajstić information content (AvgIpc) is 3.03. The summed E-state index contributed by atoms with van der Waals surface area (Å²) in [7, 11) is 0. The van der Waals surface area contributed by atoms with Gasteiger partial charge in [0, 0.05) is 25.5 Å². The summed E-state index contributed by atoms with van der Waals surface area (Å²) in [6.07, 6.45) is 0.778. The van der Waals surface area contributed by atoms with Crippen molar-refractivity contribution in [2.45, 2.75) is 19.8 Å². The third-order valence-corrected chi connectivity index (χ3v) is 4.61. The van der Waals surface area contributed by atoms with Gasteiger partial charge >= 0.3 is 5.97 Å². The summed E-state index contributed by atoms with van der Waals surface area (Å²) in [4.78, 5) is 24.1. The van der Waals surface area contributed by atoms with Crippen LogP contribution in [0.15, 0.2) is 36.4 Å². The minimum atomic E-state index is -0.967. The first-order valence-electron chi connectivity index (χ1n) is 8.23. The van der Waals surface area contributed by atoms with Crippen LogP contribution in [0, 0.1) is 12.3 Å². The van der Waals surface area contributed by atoms with Crippen LogP contribution in [0.5, 0.6) is 0 Å². The van der Waals surface area contributed by atoms with Gasteiger partial charge in [0.1, 0.15) is 0 Å². The normalized spacial score (nSPS) is 16.4. The van der Waals surface area contributed by atoms with Gasteiger partial charge in [-0.05, 0) is 38.0 Å². The lowest BCUT2D eigenvalue weighted by Gasteiger charge is -2.32. The smallest absolute Gasteiger partial charge is 0.311 e. The molecule has 1 fully saturated rings. The van der Waals surface area contributed by atoms with E-state index in [-0.39, 0.29) is 18.1 Å². The Kier molecular flexibility index (Phi) is 4.85. The number of benzene rings is 1. The number of carboxylic acid groups (broad SMARTS) is 1. The quantitative estimate of drug-likeness (QED) is 0.863. The molecule has 1 amide bonds. The van der Waals surface area contributed by atoms with Crippen LogP contribution >= 0.6 is 0 Å². The molecule has 25 heavy (non-hydrogen) atoms. The zero-order valence-corrected chi connectivity index (χ0v) is 14.1. The van der Waals surface area contributed by atoms with Gasteiger partial charge in [-0.15, -0.1) is 0 Å². The van der Waals surface area contributed by atoms with Gasteiger partial charge < -0.3 is 15.2 Å². The van der Waals surface area contributed by atoms with Crippen LogP contribution in [0.3, 0.4) is 0 Å². The van der Waals surface area contributed by atoms with Crippen LogP contribution in [-0.2, 0) is 9.53 Å². The van der Waals surface area contributed by atoms with Gasteiger partial charge in [0.2, 0.25) is 0 Å². The number of aryl methyl sites for hydroxylation is 1. The average molecular weight is 343 g/mol. The van der Waals surface area contributed by atoms with E-state index in [4.69, 9.17) is 4.74 Å². The van der Waals surface area contributed by atoms with Crippen LogP contribution < -0.4 is 5.32 Å². The number of carboxylic acids is 1. The predicted octanol–water partition coefficient (Wildman–Crippen LogP) is 1.79. The second kappa shape index (κ2) is 7.06. The molecule has 132 valence electrons. The number of hydrogen-bond acceptors (Lipinski definition) is 4. The molecule has 0 spiro atoms. The zero-order valence-electron chi connectivity index (χ0n) is 14.1. The second-order valence-corrected chi connectivity index (χ2v) is 6.30. The van der Waals surface area contributed by atoms with Gasteiger partial charge in [0.05, 0.1) is 11.1 Å². The van der Waals surface area contributed by atoms with Gasteiger partial charge in [-0.3, -0.25) is 9.59 Å². The summed E-state index contributed by atoms with van der Waals surface area (Å²) < 4.78 is 6.93. The molecule has 0 radical (unpaired) electrons. The molecule has 1 aliphatic rings. The number of aromatic nitrogens is 2. The van der Waals surface area contributed by atoms with Crippen LogP contribution in [0.25, 0.3) is 5.69 Å². The number of nitrogens with zero attached hydrogens (tertiary/aromatic N) is 2. The van der Waals surface area contributed by atoms with Crippen molar-refractivity contribution in [2.24, 2.45) is 5.41 Å². The van der Waals surface area contributed by atoms with Crippen LogP contribution in [0.1, 0.15) is 29.0 Å². The Labute approximate surface area is 145 Å². The molecular weight excluding hydrogens is 322 g/mol. The van der Waals surface area contributed by atoms with E-state index in [0.717, 1.165) is 11.4 Å². The van der Waals surface area contributed by atoms with E-state index in [0.29, 0.717) is 26.1 Å². The Bertz CT molecular complexity index is 764. The number of para-hydroxylation sites is 1. The molecule has 2 N–H and O–H groups in total. The highest BCUT2D eigenvalue weighted by Crippen LogP contribution is 2.30. The van der Waals surface area contributed by atoms with E-state index >= 15 is 0 Å². The maximum atomic E-state index is 12.4. The summed E-state index contributed by atoms with van der Waals surface area (Å²) >= 11 is 0. The molecule has 7 heteroatoms. The maximum absolute atomic E-state index is 12.4. The molecule has 0 aliphatic carbocycles. The molecule has 0 saturated carbocycles. The van der Waals surface area contributed by atoms with E-state index in [1.54, 1.807) is 10.7 Å². The second-order valence-electron chi connectivity index (χ2n) is 6.30. The molecule has 2 aromatic rings. The molecule has 2 heterocycles. The van der Waals surface area contributed by atoms with Crippen molar-refractivity contribution >= 4 is 11.9 Å². The van der Waals surface area contributed by atoms with Gasteiger partial charge in [-0.25, -0.2) is 4.68 Å². The Morgan fingerprint density at radius 3 is 2.60 bits per heavy atom. The van der Waals surface area contributed by atoms with Gasteiger partial charge in [0.25, 0.3) is 5.91 Å². The van der Waals surface area contributed by atoms with Crippen molar-refractivity contribution in [1.29, 1.82) is 0 Å². The molecule has 0 atom stereocenters. The van der Waals surface area contributed by atoms with E-state index in [1.165, 1.54) is 0 Å². The lowest BCUT2D eigenvalue weighted by Crippen LogP contribution is -2.46. The molecule has 1 aromatic heterocycles. The van der Waals surface area contributed by atoms with E-state index in [9.17, 15) is 14.7 Å². The molecule has 0 unspecified atom stereocenters. The van der Waals surface area contributed by atoms with Crippen molar-refractivity contribution < 1.29 is 19.4 Å². The van der Waals surface area contributed by atoms with Crippen molar-refractivity contribution in [2.75, 3.05) is 19.8 Å². The van der Waals surface area contributed by atoms with E-state index in [1.807, 2.05) is 37.3 Å².